The summed E-state index contributed by atoms with van der Waals surface area (Å²) in [5, 5.41) is 10.8. The molecule has 8 heteroatoms. The van der Waals surface area contributed by atoms with Crippen LogP contribution in [0.2, 0.25) is 0 Å². The molecule has 0 fully saturated rings. The number of para-hydroxylation sites is 1. The fourth-order valence-electron chi connectivity index (χ4n) is 2.43. The van der Waals surface area contributed by atoms with Gasteiger partial charge in [-0.1, -0.05) is 18.2 Å². The molecule has 7 nitrogen and oxygen atoms in total. The van der Waals surface area contributed by atoms with E-state index in [1.165, 1.54) is 13.3 Å². The Kier molecular flexibility index (Phi) is 5.87. The van der Waals surface area contributed by atoms with Crippen LogP contribution in [-0.4, -0.2) is 55.1 Å². The van der Waals surface area contributed by atoms with Crippen LogP contribution in [0.4, 0.5) is 0 Å². The molecule has 2 atom stereocenters. The molecule has 0 aliphatic heterocycles. The summed E-state index contributed by atoms with van der Waals surface area (Å²) in [6, 6.07) is 8.20. The number of hydroxylamine groups is 2. The fraction of sp³-hybridized carbons (Fsp3) is 0.375. The van der Waals surface area contributed by atoms with Crippen LogP contribution in [0, 0.1) is 0 Å². The maximum absolute atomic E-state index is 12.5. The number of hydrogen-bond acceptors (Lipinski definition) is 6. The summed E-state index contributed by atoms with van der Waals surface area (Å²) in [4.78, 5) is 15.0. The molecule has 0 aliphatic rings. The van der Waals surface area contributed by atoms with Crippen LogP contribution < -0.4 is 0 Å². The van der Waals surface area contributed by atoms with Crippen LogP contribution in [0.1, 0.15) is 12.5 Å². The molecule has 0 bridgehead atoms. The number of fused-ring (bicyclic) bond motifs is 1. The average Bonchev–Trinajstić information content (AvgIpc) is 2.58. The highest BCUT2D eigenvalue weighted by molar-refractivity contribution is 7.90. The number of carbonyl (C=O) groups excluding carboxylic acids is 1. The monoisotopic (exact) mass is 352 g/mol. The summed E-state index contributed by atoms with van der Waals surface area (Å²) in [6.07, 6.45) is 1.06. The lowest BCUT2D eigenvalue weighted by Crippen LogP contribution is -2.45. The van der Waals surface area contributed by atoms with E-state index in [1.54, 1.807) is 13.0 Å². The Morgan fingerprint density at radius 3 is 2.75 bits per heavy atom. The third-order valence-corrected chi connectivity index (χ3v) is 5.44. The topological polar surface area (TPSA) is 96.8 Å². The highest BCUT2D eigenvalue weighted by Crippen LogP contribution is 2.16. The van der Waals surface area contributed by atoms with Crippen molar-refractivity contribution in [1.29, 1.82) is 0 Å². The summed E-state index contributed by atoms with van der Waals surface area (Å²) in [6.45, 7) is 1.59. The number of hydrogen-bond donors (Lipinski definition) is 1. The molecule has 0 unspecified atom stereocenters. The van der Waals surface area contributed by atoms with Gasteiger partial charge in [0.15, 0.2) is 9.84 Å². The van der Waals surface area contributed by atoms with Crippen LogP contribution in [-0.2, 0) is 25.1 Å². The van der Waals surface area contributed by atoms with E-state index in [9.17, 15) is 18.4 Å². The van der Waals surface area contributed by atoms with Crippen molar-refractivity contribution in [3.05, 3.63) is 42.1 Å². The number of aromatic nitrogens is 1. The second-order valence-corrected chi connectivity index (χ2v) is 7.69. The zero-order valence-corrected chi connectivity index (χ0v) is 14.3. The summed E-state index contributed by atoms with van der Waals surface area (Å²) < 4.78 is 30.0. The van der Waals surface area contributed by atoms with Crippen molar-refractivity contribution in [2.45, 2.75) is 24.8 Å². The Labute approximate surface area is 140 Å². The van der Waals surface area contributed by atoms with Crippen LogP contribution in [0.3, 0.4) is 0 Å². The molecule has 1 aromatic heterocycles. The van der Waals surface area contributed by atoms with Gasteiger partial charge in [-0.15, -0.1) is 0 Å². The van der Waals surface area contributed by atoms with Crippen molar-refractivity contribution in [2.24, 2.45) is 0 Å². The molecule has 24 heavy (non-hydrogen) atoms. The normalized spacial score (nSPS) is 14.3. The van der Waals surface area contributed by atoms with Crippen LogP contribution in [0.5, 0.6) is 0 Å². The second-order valence-electron chi connectivity index (χ2n) is 5.58. The van der Waals surface area contributed by atoms with Gasteiger partial charge in [0.25, 0.3) is 0 Å². The molecule has 1 amide bonds. The Morgan fingerprint density at radius 2 is 2.08 bits per heavy atom. The molecule has 0 radical (unpaired) electrons. The van der Waals surface area contributed by atoms with Crippen molar-refractivity contribution in [3.63, 3.8) is 0 Å². The molecular formula is C16H20N2O5S. The van der Waals surface area contributed by atoms with Gasteiger partial charge in [-0.2, -0.15) is 0 Å². The van der Waals surface area contributed by atoms with Crippen molar-refractivity contribution >= 4 is 27.2 Å². The van der Waals surface area contributed by atoms with Crippen LogP contribution in [0.25, 0.3) is 10.9 Å². The minimum atomic E-state index is -3.59. The first-order valence-electron chi connectivity index (χ1n) is 7.35. The number of methoxy groups -OCH3 is 1. The van der Waals surface area contributed by atoms with Gasteiger partial charge in [0.1, 0.15) is 0 Å². The highest BCUT2D eigenvalue weighted by Gasteiger charge is 2.29. The molecule has 0 aliphatic carbocycles. The van der Waals surface area contributed by atoms with E-state index in [1.807, 2.05) is 24.3 Å². The molecule has 0 saturated heterocycles. The maximum Gasteiger partial charge on any atom is 0.233 e. The number of ether oxygens (including phenoxy) is 1. The number of benzene rings is 1. The molecule has 1 aromatic carbocycles. The van der Waals surface area contributed by atoms with Crippen molar-refractivity contribution < 1.29 is 23.2 Å². The third-order valence-electron chi connectivity index (χ3n) is 3.82. The van der Waals surface area contributed by atoms with Gasteiger partial charge in [-0.3, -0.25) is 15.0 Å². The van der Waals surface area contributed by atoms with E-state index >= 15 is 0 Å². The molecule has 1 N–H and O–H groups in total. The van der Waals surface area contributed by atoms with Gasteiger partial charge in [0.05, 0.1) is 29.2 Å². The standard InChI is InChI=1S/C16H20N2O5S/c1-12(23-2)16(18(20)11-19)10-24(21,22)9-13-7-14-5-3-4-6-15(14)17-8-13/h3-8,11-12,16,20H,9-10H2,1-2H3/t12-,16+/m0/s1. The van der Waals surface area contributed by atoms with Gasteiger partial charge in [-0.05, 0) is 24.6 Å². The van der Waals surface area contributed by atoms with E-state index in [2.05, 4.69) is 4.98 Å². The Bertz CT molecular complexity index is 809. The molecule has 1 heterocycles. The van der Waals surface area contributed by atoms with E-state index in [0.717, 1.165) is 10.9 Å². The van der Waals surface area contributed by atoms with Crippen LogP contribution in [0.15, 0.2) is 36.5 Å². The molecule has 130 valence electrons. The van der Waals surface area contributed by atoms with Gasteiger partial charge in [0.2, 0.25) is 6.41 Å². The van der Waals surface area contributed by atoms with Crippen molar-refractivity contribution in [2.75, 3.05) is 12.9 Å². The number of rotatable bonds is 8. The first-order valence-corrected chi connectivity index (χ1v) is 9.18. The quantitative estimate of drug-likeness (QED) is 0.438. The lowest BCUT2D eigenvalue weighted by atomic mass is 10.2. The number of pyridine rings is 1. The molecule has 0 saturated carbocycles. The largest absolute Gasteiger partial charge is 0.379 e. The SMILES string of the molecule is CO[C@@H](C)[C@@H](CS(=O)(=O)Cc1cnc2ccccc2c1)N(O)C=O. The number of carbonyl (C=O) groups is 1. The lowest BCUT2D eigenvalue weighted by Gasteiger charge is -2.27. The van der Waals surface area contributed by atoms with E-state index in [4.69, 9.17) is 4.74 Å². The Balaban J connectivity index is 2.20. The summed E-state index contributed by atoms with van der Waals surface area (Å²) in [5.41, 5.74) is 1.33. The summed E-state index contributed by atoms with van der Waals surface area (Å²) in [5.74, 6) is -0.644. The predicted molar refractivity (Wildman–Crippen MR) is 89.2 cm³/mol. The lowest BCUT2D eigenvalue weighted by molar-refractivity contribution is -0.168. The number of nitrogens with zero attached hydrogens (tertiary/aromatic N) is 2. The summed E-state index contributed by atoms with van der Waals surface area (Å²) >= 11 is 0. The van der Waals surface area contributed by atoms with Crippen LogP contribution >= 0.6 is 0 Å². The first kappa shape index (κ1) is 18.3. The number of sulfone groups is 1. The second kappa shape index (κ2) is 7.69. The zero-order chi connectivity index (χ0) is 17.7. The molecule has 2 rings (SSSR count). The smallest absolute Gasteiger partial charge is 0.233 e. The molecular weight excluding hydrogens is 332 g/mol. The minimum absolute atomic E-state index is 0.174. The summed E-state index contributed by atoms with van der Waals surface area (Å²) in [7, 11) is -2.21. The van der Waals surface area contributed by atoms with Gasteiger partial charge >= 0.3 is 0 Å². The molecule has 0 spiro atoms. The Morgan fingerprint density at radius 1 is 1.38 bits per heavy atom. The van der Waals surface area contributed by atoms with Gasteiger partial charge < -0.3 is 4.74 Å². The number of amides is 1. The van der Waals surface area contributed by atoms with Crippen molar-refractivity contribution in [3.8, 4) is 0 Å². The maximum atomic E-state index is 12.5. The predicted octanol–water partition coefficient (Wildman–Crippen LogP) is 1.40. The van der Waals surface area contributed by atoms with Gasteiger partial charge in [-0.25, -0.2) is 13.5 Å². The Hall–Kier alpha value is -2.03. The minimum Gasteiger partial charge on any atom is -0.379 e. The van der Waals surface area contributed by atoms with E-state index < -0.39 is 27.7 Å². The molecule has 2 aromatic rings. The van der Waals surface area contributed by atoms with E-state index in [-0.39, 0.29) is 12.2 Å². The van der Waals surface area contributed by atoms with Crippen molar-refractivity contribution in [1.82, 2.24) is 10.0 Å². The third kappa shape index (κ3) is 4.50. The fourth-order valence-corrected chi connectivity index (χ4v) is 4.16. The first-order chi connectivity index (χ1) is 11.4. The van der Waals surface area contributed by atoms with E-state index in [0.29, 0.717) is 10.6 Å². The average molecular weight is 352 g/mol. The zero-order valence-electron chi connectivity index (χ0n) is 13.5. The highest BCUT2D eigenvalue weighted by atomic mass is 32.2. The van der Waals surface area contributed by atoms with Gasteiger partial charge in [0, 0.05) is 18.7 Å².